The highest BCUT2D eigenvalue weighted by molar-refractivity contribution is 5.91. The van der Waals surface area contributed by atoms with Gasteiger partial charge in [0.1, 0.15) is 0 Å². The Balaban J connectivity index is 2.33. The zero-order chi connectivity index (χ0) is 15.5. The van der Waals surface area contributed by atoms with Crippen molar-refractivity contribution in [1.29, 1.82) is 0 Å². The maximum Gasteiger partial charge on any atom is 0.223 e. The molecule has 1 unspecified atom stereocenters. The van der Waals surface area contributed by atoms with Gasteiger partial charge in [0.05, 0.1) is 12.6 Å². The molecule has 0 fully saturated rings. The molecule has 0 aromatic heterocycles. The maximum absolute atomic E-state index is 11.7. The average Bonchev–Trinajstić information content (AvgIpc) is 2.49. The molecule has 0 aliphatic rings. The number of rotatable bonds is 10. The zero-order valence-electron chi connectivity index (χ0n) is 12.9. The molecule has 118 valence electrons. The minimum atomic E-state index is -0.494. The lowest BCUT2D eigenvalue weighted by Crippen LogP contribution is -2.36. The van der Waals surface area contributed by atoms with E-state index < -0.39 is 6.10 Å². The second-order valence-electron chi connectivity index (χ2n) is 5.40. The Hall–Kier alpha value is -1.39. The van der Waals surface area contributed by atoms with E-state index in [0.29, 0.717) is 13.0 Å². The van der Waals surface area contributed by atoms with E-state index in [1.165, 1.54) is 6.92 Å². The summed E-state index contributed by atoms with van der Waals surface area (Å²) in [6.07, 6.45) is 5.20. The molecule has 21 heavy (non-hydrogen) atoms. The number of hydrogen-bond donors (Lipinski definition) is 2. The van der Waals surface area contributed by atoms with E-state index in [1.54, 1.807) is 4.90 Å². The fraction of sp³-hybridized carbons (Fsp3) is 0.588. The van der Waals surface area contributed by atoms with Crippen molar-refractivity contribution >= 4 is 11.6 Å². The number of anilines is 1. The van der Waals surface area contributed by atoms with Crippen molar-refractivity contribution in [3.8, 4) is 0 Å². The first kappa shape index (κ1) is 17.7. The van der Waals surface area contributed by atoms with Crippen LogP contribution in [-0.4, -0.2) is 35.4 Å². The Morgan fingerprint density at radius 2 is 1.71 bits per heavy atom. The van der Waals surface area contributed by atoms with Crippen molar-refractivity contribution < 1.29 is 15.0 Å². The van der Waals surface area contributed by atoms with Crippen LogP contribution in [0.1, 0.15) is 45.4 Å². The molecule has 0 aliphatic heterocycles. The summed E-state index contributed by atoms with van der Waals surface area (Å²) in [6, 6.07) is 9.44. The predicted octanol–water partition coefficient (Wildman–Crippen LogP) is 2.73. The number of nitrogens with zero attached hydrogens (tertiary/aromatic N) is 1. The molecule has 1 aromatic rings. The van der Waals surface area contributed by atoms with Crippen molar-refractivity contribution in [1.82, 2.24) is 0 Å². The van der Waals surface area contributed by atoms with Crippen LogP contribution in [-0.2, 0) is 4.79 Å². The van der Waals surface area contributed by atoms with Crippen LogP contribution in [0.15, 0.2) is 30.3 Å². The Morgan fingerprint density at radius 1 is 1.10 bits per heavy atom. The highest BCUT2D eigenvalue weighted by Gasteiger charge is 2.15. The Morgan fingerprint density at radius 3 is 2.33 bits per heavy atom. The van der Waals surface area contributed by atoms with E-state index in [4.69, 9.17) is 5.11 Å². The fourth-order valence-electron chi connectivity index (χ4n) is 2.35. The van der Waals surface area contributed by atoms with E-state index in [9.17, 15) is 9.90 Å². The smallest absolute Gasteiger partial charge is 0.223 e. The van der Waals surface area contributed by atoms with E-state index in [-0.39, 0.29) is 12.5 Å². The van der Waals surface area contributed by atoms with Gasteiger partial charge < -0.3 is 15.1 Å². The molecule has 1 amide bonds. The van der Waals surface area contributed by atoms with Gasteiger partial charge in [0, 0.05) is 19.2 Å². The second-order valence-corrected chi connectivity index (χ2v) is 5.40. The summed E-state index contributed by atoms with van der Waals surface area (Å²) in [6.45, 7) is 2.12. The Kier molecular flexibility index (Phi) is 8.71. The molecule has 0 aliphatic carbocycles. The summed E-state index contributed by atoms with van der Waals surface area (Å²) in [5.41, 5.74) is 0.826. The van der Waals surface area contributed by atoms with Crippen LogP contribution in [0.2, 0.25) is 0 Å². The summed E-state index contributed by atoms with van der Waals surface area (Å²) in [5.74, 6) is -0.0526. The summed E-state index contributed by atoms with van der Waals surface area (Å²) in [5, 5.41) is 18.8. The van der Waals surface area contributed by atoms with Gasteiger partial charge in [-0.15, -0.1) is 0 Å². The van der Waals surface area contributed by atoms with Gasteiger partial charge in [-0.2, -0.15) is 0 Å². The minimum Gasteiger partial charge on any atom is -0.396 e. The van der Waals surface area contributed by atoms with Gasteiger partial charge in [0.15, 0.2) is 0 Å². The highest BCUT2D eigenvalue weighted by atomic mass is 16.3. The van der Waals surface area contributed by atoms with Crippen molar-refractivity contribution in [3.05, 3.63) is 30.3 Å². The summed E-state index contributed by atoms with van der Waals surface area (Å²) in [7, 11) is 0. The van der Waals surface area contributed by atoms with Gasteiger partial charge in [-0.1, -0.05) is 43.9 Å². The monoisotopic (exact) mass is 293 g/mol. The third-order valence-corrected chi connectivity index (χ3v) is 3.54. The number of hydrogen-bond acceptors (Lipinski definition) is 3. The molecule has 0 saturated heterocycles. The van der Waals surface area contributed by atoms with Crippen LogP contribution in [0.4, 0.5) is 5.69 Å². The van der Waals surface area contributed by atoms with Gasteiger partial charge in [-0.25, -0.2) is 0 Å². The summed E-state index contributed by atoms with van der Waals surface area (Å²) < 4.78 is 0. The third-order valence-electron chi connectivity index (χ3n) is 3.54. The van der Waals surface area contributed by atoms with Gasteiger partial charge in [0.2, 0.25) is 5.91 Å². The standard InChI is InChI=1S/C17H27NO3/c1-15(20)18(16-10-6-5-7-11-16)14-17(21)12-8-3-2-4-9-13-19/h5-7,10-11,17,19,21H,2-4,8-9,12-14H2,1H3. The first-order chi connectivity index (χ1) is 10.1. The van der Waals surface area contributed by atoms with E-state index in [2.05, 4.69) is 0 Å². The average molecular weight is 293 g/mol. The van der Waals surface area contributed by atoms with Crippen molar-refractivity contribution in [2.75, 3.05) is 18.1 Å². The molecule has 2 N–H and O–H groups in total. The van der Waals surface area contributed by atoms with E-state index in [0.717, 1.165) is 37.8 Å². The Bertz CT molecular complexity index is 394. The van der Waals surface area contributed by atoms with Crippen molar-refractivity contribution in [2.45, 2.75) is 51.6 Å². The van der Waals surface area contributed by atoms with Gasteiger partial charge in [0.25, 0.3) is 0 Å². The number of amides is 1. The van der Waals surface area contributed by atoms with Crippen LogP contribution in [0.5, 0.6) is 0 Å². The molecule has 4 nitrogen and oxygen atoms in total. The lowest BCUT2D eigenvalue weighted by Gasteiger charge is -2.24. The molecule has 1 rings (SSSR count). The normalized spacial score (nSPS) is 12.1. The number of carbonyl (C=O) groups excluding carboxylic acids is 1. The lowest BCUT2D eigenvalue weighted by atomic mass is 10.1. The molecule has 0 radical (unpaired) electrons. The quantitative estimate of drug-likeness (QED) is 0.652. The summed E-state index contributed by atoms with van der Waals surface area (Å²) >= 11 is 0. The number of unbranched alkanes of at least 4 members (excludes halogenated alkanes) is 4. The van der Waals surface area contributed by atoms with Crippen LogP contribution < -0.4 is 4.90 Å². The molecule has 0 saturated carbocycles. The van der Waals surface area contributed by atoms with Crippen LogP contribution in [0.3, 0.4) is 0 Å². The molecule has 1 atom stereocenters. The van der Waals surface area contributed by atoms with E-state index >= 15 is 0 Å². The first-order valence-electron chi connectivity index (χ1n) is 7.77. The largest absolute Gasteiger partial charge is 0.396 e. The van der Waals surface area contributed by atoms with Gasteiger partial charge in [-0.05, 0) is 25.0 Å². The number of para-hydroxylation sites is 1. The van der Waals surface area contributed by atoms with Gasteiger partial charge >= 0.3 is 0 Å². The first-order valence-corrected chi connectivity index (χ1v) is 7.77. The van der Waals surface area contributed by atoms with Gasteiger partial charge in [-0.3, -0.25) is 4.79 Å². The topological polar surface area (TPSA) is 60.8 Å². The van der Waals surface area contributed by atoms with Crippen LogP contribution >= 0.6 is 0 Å². The molecular weight excluding hydrogens is 266 g/mol. The SMILES string of the molecule is CC(=O)N(CC(O)CCCCCCCO)c1ccccc1. The highest BCUT2D eigenvalue weighted by Crippen LogP contribution is 2.15. The predicted molar refractivity (Wildman–Crippen MR) is 85.3 cm³/mol. The lowest BCUT2D eigenvalue weighted by molar-refractivity contribution is -0.116. The van der Waals surface area contributed by atoms with Crippen molar-refractivity contribution in [2.24, 2.45) is 0 Å². The second kappa shape index (κ2) is 10.4. The summed E-state index contributed by atoms with van der Waals surface area (Å²) in [4.78, 5) is 13.3. The molecular formula is C17H27NO3. The molecule has 0 spiro atoms. The van der Waals surface area contributed by atoms with Crippen molar-refractivity contribution in [3.63, 3.8) is 0 Å². The third kappa shape index (κ3) is 7.25. The maximum atomic E-state index is 11.7. The number of aliphatic hydroxyl groups is 2. The Labute approximate surface area is 127 Å². The zero-order valence-corrected chi connectivity index (χ0v) is 12.9. The van der Waals surface area contributed by atoms with Crippen LogP contribution in [0.25, 0.3) is 0 Å². The minimum absolute atomic E-state index is 0.0526. The molecule has 0 heterocycles. The molecule has 1 aromatic carbocycles. The number of benzene rings is 1. The molecule has 4 heteroatoms. The number of carbonyl (C=O) groups is 1. The molecule has 0 bridgehead atoms. The fourth-order valence-corrected chi connectivity index (χ4v) is 2.35. The number of aliphatic hydroxyl groups excluding tert-OH is 2. The van der Waals surface area contributed by atoms with E-state index in [1.807, 2.05) is 30.3 Å². The van der Waals surface area contributed by atoms with Crippen LogP contribution in [0, 0.1) is 0 Å².